The standard InChI is InChI=1S/C11H9ClN4O4/c1-2-9-10(16(19)20)11(12)14(13-9)7-4-3-5-8(6-7)15(17)18/h3-6H,2H2,1H3. The molecule has 0 radical (unpaired) electrons. The fourth-order valence-electron chi connectivity index (χ4n) is 1.76. The lowest BCUT2D eigenvalue weighted by atomic mass is 10.3. The van der Waals surface area contributed by atoms with Gasteiger partial charge in [-0.1, -0.05) is 24.6 Å². The molecule has 2 aromatic rings. The summed E-state index contributed by atoms with van der Waals surface area (Å²) in [4.78, 5) is 20.6. The summed E-state index contributed by atoms with van der Waals surface area (Å²) in [6.45, 7) is 1.71. The molecule has 1 heterocycles. The molecular weight excluding hydrogens is 288 g/mol. The molecular formula is C11H9ClN4O4. The van der Waals surface area contributed by atoms with Gasteiger partial charge in [0.25, 0.3) is 5.69 Å². The molecule has 0 unspecified atom stereocenters. The minimum absolute atomic E-state index is 0.144. The van der Waals surface area contributed by atoms with Gasteiger partial charge in [0.2, 0.25) is 5.15 Å². The zero-order chi connectivity index (χ0) is 14.9. The van der Waals surface area contributed by atoms with E-state index < -0.39 is 9.85 Å². The maximum absolute atomic E-state index is 11.0. The Bertz CT molecular complexity index is 698. The molecule has 1 aromatic heterocycles. The van der Waals surface area contributed by atoms with Crippen LogP contribution in [-0.2, 0) is 6.42 Å². The van der Waals surface area contributed by atoms with E-state index in [2.05, 4.69) is 5.10 Å². The van der Waals surface area contributed by atoms with Crippen LogP contribution in [0, 0.1) is 20.2 Å². The van der Waals surface area contributed by atoms with Gasteiger partial charge in [0, 0.05) is 12.1 Å². The van der Waals surface area contributed by atoms with Crippen molar-refractivity contribution in [1.29, 1.82) is 0 Å². The van der Waals surface area contributed by atoms with Crippen LogP contribution >= 0.6 is 11.6 Å². The number of non-ortho nitro benzene ring substituents is 1. The minimum Gasteiger partial charge on any atom is -0.258 e. The van der Waals surface area contributed by atoms with Gasteiger partial charge in [-0.05, 0) is 12.5 Å². The third-order valence-corrected chi connectivity index (χ3v) is 3.02. The highest BCUT2D eigenvalue weighted by Crippen LogP contribution is 2.31. The number of nitrogens with zero attached hydrogens (tertiary/aromatic N) is 4. The maximum atomic E-state index is 11.0. The summed E-state index contributed by atoms with van der Waals surface area (Å²) in [5.41, 5.74) is 0.106. The van der Waals surface area contributed by atoms with E-state index in [-0.39, 0.29) is 22.2 Å². The smallest absolute Gasteiger partial charge is 0.258 e. The fourth-order valence-corrected chi connectivity index (χ4v) is 2.07. The number of rotatable bonds is 4. The molecule has 0 bridgehead atoms. The summed E-state index contributed by atoms with van der Waals surface area (Å²) in [5.74, 6) is 0. The van der Waals surface area contributed by atoms with Crippen molar-refractivity contribution >= 4 is 23.0 Å². The van der Waals surface area contributed by atoms with Gasteiger partial charge < -0.3 is 0 Å². The normalized spacial score (nSPS) is 10.5. The van der Waals surface area contributed by atoms with Crippen LogP contribution in [0.5, 0.6) is 0 Å². The number of benzene rings is 1. The molecule has 9 heteroatoms. The van der Waals surface area contributed by atoms with E-state index in [9.17, 15) is 20.2 Å². The molecule has 0 aliphatic rings. The number of hydrogen-bond donors (Lipinski definition) is 0. The lowest BCUT2D eigenvalue weighted by Gasteiger charge is -2.01. The predicted molar refractivity (Wildman–Crippen MR) is 71.3 cm³/mol. The molecule has 1 aromatic carbocycles. The quantitative estimate of drug-likeness (QED) is 0.637. The Morgan fingerprint density at radius 3 is 2.50 bits per heavy atom. The van der Waals surface area contributed by atoms with Gasteiger partial charge in [-0.2, -0.15) is 5.10 Å². The van der Waals surface area contributed by atoms with E-state index in [1.165, 1.54) is 24.3 Å². The fraction of sp³-hybridized carbons (Fsp3) is 0.182. The minimum atomic E-state index is -0.609. The van der Waals surface area contributed by atoms with Crippen molar-refractivity contribution in [3.05, 3.63) is 55.3 Å². The first-order valence-electron chi connectivity index (χ1n) is 5.62. The monoisotopic (exact) mass is 296 g/mol. The topological polar surface area (TPSA) is 104 Å². The van der Waals surface area contributed by atoms with Crippen LogP contribution in [0.4, 0.5) is 11.4 Å². The summed E-state index contributed by atoms with van der Waals surface area (Å²) in [6.07, 6.45) is 0.331. The van der Waals surface area contributed by atoms with Crippen molar-refractivity contribution in [2.75, 3.05) is 0 Å². The van der Waals surface area contributed by atoms with Crippen LogP contribution in [0.15, 0.2) is 24.3 Å². The summed E-state index contributed by atoms with van der Waals surface area (Å²) in [7, 11) is 0. The molecule has 8 nitrogen and oxygen atoms in total. The molecule has 2 rings (SSSR count). The van der Waals surface area contributed by atoms with Gasteiger partial charge in [-0.3, -0.25) is 20.2 Å². The average Bonchev–Trinajstić information content (AvgIpc) is 2.75. The molecule has 0 saturated heterocycles. The highest BCUT2D eigenvalue weighted by Gasteiger charge is 2.26. The molecule has 104 valence electrons. The number of nitro benzene ring substituents is 1. The second-order valence-electron chi connectivity index (χ2n) is 3.89. The molecule has 0 aliphatic heterocycles. The van der Waals surface area contributed by atoms with Crippen molar-refractivity contribution < 1.29 is 9.85 Å². The van der Waals surface area contributed by atoms with Crippen molar-refractivity contribution in [2.45, 2.75) is 13.3 Å². The molecule has 0 fully saturated rings. The van der Waals surface area contributed by atoms with E-state index in [0.717, 1.165) is 4.68 Å². The van der Waals surface area contributed by atoms with E-state index >= 15 is 0 Å². The number of nitro groups is 2. The zero-order valence-electron chi connectivity index (χ0n) is 10.3. The Balaban J connectivity index is 2.61. The molecule has 0 N–H and O–H groups in total. The Morgan fingerprint density at radius 1 is 1.30 bits per heavy atom. The van der Waals surface area contributed by atoms with Gasteiger partial charge >= 0.3 is 5.69 Å². The van der Waals surface area contributed by atoms with Crippen LogP contribution in [0.25, 0.3) is 5.69 Å². The van der Waals surface area contributed by atoms with Gasteiger partial charge in [-0.25, -0.2) is 4.68 Å². The average molecular weight is 297 g/mol. The second-order valence-corrected chi connectivity index (χ2v) is 4.24. The summed E-state index contributed by atoms with van der Waals surface area (Å²) in [5, 5.41) is 25.6. The van der Waals surface area contributed by atoms with Crippen molar-refractivity contribution in [1.82, 2.24) is 9.78 Å². The van der Waals surface area contributed by atoms with E-state index in [1.54, 1.807) is 6.92 Å². The van der Waals surface area contributed by atoms with Crippen LogP contribution in [-0.4, -0.2) is 19.6 Å². The Hall–Kier alpha value is -2.48. The first-order valence-corrected chi connectivity index (χ1v) is 6.00. The largest absolute Gasteiger partial charge is 0.329 e. The van der Waals surface area contributed by atoms with Crippen LogP contribution in [0.2, 0.25) is 5.15 Å². The van der Waals surface area contributed by atoms with E-state index in [1.807, 2.05) is 0 Å². The van der Waals surface area contributed by atoms with Gasteiger partial charge in [0.15, 0.2) is 0 Å². The summed E-state index contributed by atoms with van der Waals surface area (Å²) < 4.78 is 1.13. The van der Waals surface area contributed by atoms with Crippen LogP contribution < -0.4 is 0 Å². The lowest BCUT2D eigenvalue weighted by Crippen LogP contribution is -1.98. The van der Waals surface area contributed by atoms with Gasteiger partial charge in [0.05, 0.1) is 15.5 Å². The molecule has 20 heavy (non-hydrogen) atoms. The predicted octanol–water partition coefficient (Wildman–Crippen LogP) is 2.90. The number of hydrogen-bond acceptors (Lipinski definition) is 5. The van der Waals surface area contributed by atoms with Crippen molar-refractivity contribution in [2.24, 2.45) is 0 Å². The third kappa shape index (κ3) is 2.32. The van der Waals surface area contributed by atoms with Crippen LogP contribution in [0.1, 0.15) is 12.6 Å². The first kappa shape index (κ1) is 13.9. The Labute approximate surface area is 117 Å². The molecule has 0 spiro atoms. The van der Waals surface area contributed by atoms with E-state index in [0.29, 0.717) is 12.1 Å². The SMILES string of the molecule is CCc1nn(-c2cccc([N+](=O)[O-])c2)c(Cl)c1[N+](=O)[O-]. The number of halogens is 1. The Morgan fingerprint density at radius 2 is 2.00 bits per heavy atom. The summed E-state index contributed by atoms with van der Waals surface area (Å²) >= 11 is 5.96. The molecule has 0 atom stereocenters. The lowest BCUT2D eigenvalue weighted by molar-refractivity contribution is -0.385. The maximum Gasteiger partial charge on any atom is 0.329 e. The highest BCUT2D eigenvalue weighted by molar-refractivity contribution is 6.32. The number of aromatic nitrogens is 2. The third-order valence-electron chi connectivity index (χ3n) is 2.68. The van der Waals surface area contributed by atoms with Crippen molar-refractivity contribution in [3.8, 4) is 5.69 Å². The second kappa shape index (κ2) is 5.25. The highest BCUT2D eigenvalue weighted by atomic mass is 35.5. The Kier molecular flexibility index (Phi) is 3.66. The zero-order valence-corrected chi connectivity index (χ0v) is 11.1. The number of aryl methyl sites for hydroxylation is 1. The molecule has 0 amide bonds. The van der Waals surface area contributed by atoms with Gasteiger partial charge in [-0.15, -0.1) is 0 Å². The first-order chi connectivity index (χ1) is 9.45. The molecule has 0 saturated carbocycles. The van der Waals surface area contributed by atoms with Crippen molar-refractivity contribution in [3.63, 3.8) is 0 Å². The molecule has 0 aliphatic carbocycles. The van der Waals surface area contributed by atoms with Gasteiger partial charge in [0.1, 0.15) is 5.69 Å². The van der Waals surface area contributed by atoms with E-state index in [4.69, 9.17) is 11.6 Å². The van der Waals surface area contributed by atoms with Crippen LogP contribution in [0.3, 0.4) is 0 Å². The summed E-state index contributed by atoms with van der Waals surface area (Å²) in [6, 6.07) is 5.57.